The van der Waals surface area contributed by atoms with Crippen LogP contribution in [0.15, 0.2) is 48.7 Å². The molecule has 29 heavy (non-hydrogen) atoms. The van der Waals surface area contributed by atoms with Crippen LogP contribution in [0.5, 0.6) is 11.5 Å². The van der Waals surface area contributed by atoms with Crippen LogP contribution < -0.4 is 14.8 Å². The molecule has 0 spiro atoms. The van der Waals surface area contributed by atoms with Gasteiger partial charge in [0.25, 0.3) is 11.6 Å². The van der Waals surface area contributed by atoms with Gasteiger partial charge in [0.05, 0.1) is 23.8 Å². The van der Waals surface area contributed by atoms with E-state index >= 15 is 0 Å². The number of carbonyl (C=O) groups excluding carboxylic acids is 1. The van der Waals surface area contributed by atoms with E-state index in [4.69, 9.17) is 21.1 Å². The summed E-state index contributed by atoms with van der Waals surface area (Å²) >= 11 is 5.92. The molecule has 0 saturated heterocycles. The van der Waals surface area contributed by atoms with Gasteiger partial charge < -0.3 is 14.8 Å². The van der Waals surface area contributed by atoms with E-state index in [9.17, 15) is 14.9 Å². The second-order valence-electron chi connectivity index (χ2n) is 6.05. The molecule has 150 valence electrons. The van der Waals surface area contributed by atoms with E-state index in [0.717, 1.165) is 5.56 Å². The molecule has 0 fully saturated rings. The summed E-state index contributed by atoms with van der Waals surface area (Å²) in [5.74, 6) is 0.389. The van der Waals surface area contributed by atoms with Crippen molar-refractivity contribution >= 4 is 28.9 Å². The molecule has 0 unspecified atom stereocenters. The Morgan fingerprint density at radius 3 is 2.76 bits per heavy atom. The quantitative estimate of drug-likeness (QED) is 0.459. The highest BCUT2D eigenvalue weighted by Gasteiger charge is 2.15. The first kappa shape index (κ1) is 20.2. The maximum Gasteiger partial charge on any atom is 0.276 e. The van der Waals surface area contributed by atoms with Crippen LogP contribution in [-0.2, 0) is 6.73 Å². The number of methoxy groups -OCH3 is 1. The van der Waals surface area contributed by atoms with Crippen molar-refractivity contribution < 1.29 is 19.2 Å². The number of nitro benzene ring substituents is 1. The normalized spacial score (nSPS) is 10.4. The van der Waals surface area contributed by atoms with Crippen LogP contribution in [0.2, 0.25) is 5.02 Å². The van der Waals surface area contributed by atoms with Gasteiger partial charge in [0.15, 0.2) is 12.4 Å². The number of carbonyl (C=O) groups is 1. The van der Waals surface area contributed by atoms with E-state index in [-0.39, 0.29) is 29.5 Å². The Kier molecular flexibility index (Phi) is 5.99. The summed E-state index contributed by atoms with van der Waals surface area (Å²) in [7, 11) is 1.38. The number of amides is 1. The number of aryl methyl sites for hydroxylation is 1. The third-order valence-corrected chi connectivity index (χ3v) is 4.19. The monoisotopic (exact) mass is 416 g/mol. The molecule has 0 bridgehead atoms. The van der Waals surface area contributed by atoms with Gasteiger partial charge in [-0.1, -0.05) is 11.6 Å². The largest absolute Gasteiger partial charge is 0.496 e. The Bertz CT molecular complexity index is 1070. The maximum absolute atomic E-state index is 12.4. The molecule has 2 aromatic carbocycles. The summed E-state index contributed by atoms with van der Waals surface area (Å²) in [4.78, 5) is 22.9. The Labute approximate surface area is 171 Å². The standard InChI is InChI=1S/C19H17ClN4O5/c1-12-7-13(20)3-4-18(12)29-11-23-6-5-17(22-23)19(25)21-14-8-15(24(26)27)10-16(9-14)28-2/h3-10H,11H2,1-2H3,(H,21,25). The van der Waals surface area contributed by atoms with Crippen LogP contribution in [-0.4, -0.2) is 27.7 Å². The minimum Gasteiger partial charge on any atom is -0.496 e. The van der Waals surface area contributed by atoms with Crippen molar-refractivity contribution in [1.29, 1.82) is 0 Å². The predicted molar refractivity (Wildman–Crippen MR) is 107 cm³/mol. The van der Waals surface area contributed by atoms with Crippen LogP contribution >= 0.6 is 11.6 Å². The number of non-ortho nitro benzene ring substituents is 1. The van der Waals surface area contributed by atoms with Crippen molar-refractivity contribution in [2.45, 2.75) is 13.7 Å². The average molecular weight is 417 g/mol. The first-order valence-corrected chi connectivity index (χ1v) is 8.81. The van der Waals surface area contributed by atoms with E-state index in [1.54, 1.807) is 24.4 Å². The summed E-state index contributed by atoms with van der Waals surface area (Å²) in [6.45, 7) is 1.97. The predicted octanol–water partition coefficient (Wildman–Crippen LogP) is 4.05. The van der Waals surface area contributed by atoms with Crippen LogP contribution in [0.1, 0.15) is 16.1 Å². The van der Waals surface area contributed by atoms with Crippen molar-refractivity contribution in [1.82, 2.24) is 9.78 Å². The lowest BCUT2D eigenvalue weighted by molar-refractivity contribution is -0.384. The fraction of sp³-hybridized carbons (Fsp3) is 0.158. The topological polar surface area (TPSA) is 109 Å². The van der Waals surface area contributed by atoms with Crippen molar-refractivity contribution in [3.05, 3.63) is 75.1 Å². The highest BCUT2D eigenvalue weighted by atomic mass is 35.5. The number of aromatic nitrogens is 2. The number of rotatable bonds is 7. The number of hydrogen-bond acceptors (Lipinski definition) is 6. The SMILES string of the molecule is COc1cc(NC(=O)c2ccn(COc3ccc(Cl)cc3C)n2)cc([N+](=O)[O-])c1. The number of nitrogens with zero attached hydrogens (tertiary/aromatic N) is 3. The van der Waals surface area contributed by atoms with Gasteiger partial charge in [-0.25, -0.2) is 4.68 Å². The number of hydrogen-bond donors (Lipinski definition) is 1. The molecule has 0 aliphatic carbocycles. The van der Waals surface area contributed by atoms with Crippen LogP contribution in [0, 0.1) is 17.0 Å². The number of nitrogens with one attached hydrogen (secondary N) is 1. The van der Waals surface area contributed by atoms with Crippen LogP contribution in [0.25, 0.3) is 0 Å². The lowest BCUT2D eigenvalue weighted by atomic mass is 10.2. The lowest BCUT2D eigenvalue weighted by Crippen LogP contribution is -2.14. The molecule has 0 radical (unpaired) electrons. The fourth-order valence-corrected chi connectivity index (χ4v) is 2.77. The lowest BCUT2D eigenvalue weighted by Gasteiger charge is -2.09. The van der Waals surface area contributed by atoms with Crippen molar-refractivity contribution in [2.24, 2.45) is 0 Å². The van der Waals surface area contributed by atoms with E-state index in [0.29, 0.717) is 10.8 Å². The summed E-state index contributed by atoms with van der Waals surface area (Å²) in [6.07, 6.45) is 1.59. The summed E-state index contributed by atoms with van der Waals surface area (Å²) in [5.41, 5.74) is 1.04. The smallest absolute Gasteiger partial charge is 0.276 e. The minimum atomic E-state index is -0.566. The Hall–Kier alpha value is -3.59. The van der Waals surface area contributed by atoms with Crippen molar-refractivity contribution in [3.63, 3.8) is 0 Å². The second-order valence-corrected chi connectivity index (χ2v) is 6.49. The summed E-state index contributed by atoms with van der Waals surface area (Å²) in [5, 5.41) is 18.4. The Morgan fingerprint density at radius 1 is 1.28 bits per heavy atom. The molecule has 10 heteroatoms. The molecule has 3 rings (SSSR count). The van der Waals surface area contributed by atoms with E-state index in [1.165, 1.54) is 36.1 Å². The second kappa shape index (κ2) is 8.61. The zero-order chi connectivity index (χ0) is 21.0. The average Bonchev–Trinajstić information content (AvgIpc) is 3.16. The molecule has 0 atom stereocenters. The molecule has 1 amide bonds. The number of benzene rings is 2. The summed E-state index contributed by atoms with van der Waals surface area (Å²) in [6, 6.07) is 10.8. The molecule has 0 aliphatic rings. The van der Waals surface area contributed by atoms with E-state index in [1.807, 2.05) is 6.92 Å². The van der Waals surface area contributed by atoms with Crippen LogP contribution in [0.4, 0.5) is 11.4 Å². The van der Waals surface area contributed by atoms with Crippen LogP contribution in [0.3, 0.4) is 0 Å². The first-order valence-electron chi connectivity index (χ1n) is 8.43. The van der Waals surface area contributed by atoms with Gasteiger partial charge in [-0.3, -0.25) is 14.9 Å². The zero-order valence-electron chi connectivity index (χ0n) is 15.6. The Balaban J connectivity index is 1.68. The molecular weight excluding hydrogens is 400 g/mol. The number of anilines is 1. The minimum absolute atomic E-state index is 0.0976. The number of halogens is 1. The molecule has 1 heterocycles. The fourth-order valence-electron chi connectivity index (χ4n) is 2.54. The van der Waals surface area contributed by atoms with E-state index < -0.39 is 10.8 Å². The molecule has 1 aromatic heterocycles. The molecule has 9 nitrogen and oxygen atoms in total. The van der Waals surface area contributed by atoms with E-state index in [2.05, 4.69) is 10.4 Å². The highest BCUT2D eigenvalue weighted by molar-refractivity contribution is 6.30. The molecule has 0 saturated carbocycles. The van der Waals surface area contributed by atoms with Gasteiger partial charge in [0.1, 0.15) is 11.5 Å². The highest BCUT2D eigenvalue weighted by Crippen LogP contribution is 2.26. The van der Waals surface area contributed by atoms with Crippen molar-refractivity contribution in [2.75, 3.05) is 12.4 Å². The van der Waals surface area contributed by atoms with Gasteiger partial charge >= 0.3 is 0 Å². The first-order chi connectivity index (χ1) is 13.9. The molecule has 3 aromatic rings. The molecule has 0 aliphatic heterocycles. The van der Waals surface area contributed by atoms with Gasteiger partial charge in [-0.2, -0.15) is 5.10 Å². The zero-order valence-corrected chi connectivity index (χ0v) is 16.3. The van der Waals surface area contributed by atoms with Gasteiger partial charge in [-0.05, 0) is 36.8 Å². The number of nitro groups is 1. The van der Waals surface area contributed by atoms with Gasteiger partial charge in [-0.15, -0.1) is 0 Å². The van der Waals surface area contributed by atoms with Gasteiger partial charge in [0.2, 0.25) is 0 Å². The maximum atomic E-state index is 12.4. The summed E-state index contributed by atoms with van der Waals surface area (Å²) < 4.78 is 12.2. The Morgan fingerprint density at radius 2 is 2.07 bits per heavy atom. The molecular formula is C19H17ClN4O5. The van der Waals surface area contributed by atoms with Crippen molar-refractivity contribution in [3.8, 4) is 11.5 Å². The number of ether oxygens (including phenoxy) is 2. The third kappa shape index (κ3) is 5.02. The van der Waals surface area contributed by atoms with Gasteiger partial charge in [0, 0.05) is 23.4 Å². The third-order valence-electron chi connectivity index (χ3n) is 3.96. The molecule has 1 N–H and O–H groups in total.